The van der Waals surface area contributed by atoms with Crippen LogP contribution in [0.25, 0.3) is 0 Å². The van der Waals surface area contributed by atoms with Gasteiger partial charge in [-0.3, -0.25) is 9.67 Å². The highest BCUT2D eigenvalue weighted by molar-refractivity contribution is 14.0. The summed E-state index contributed by atoms with van der Waals surface area (Å²) in [5.41, 5.74) is 0. The van der Waals surface area contributed by atoms with E-state index in [0.717, 1.165) is 44.2 Å². The Kier molecular flexibility index (Phi) is 8.56. The maximum absolute atomic E-state index is 5.28. The summed E-state index contributed by atoms with van der Waals surface area (Å²) in [7, 11) is 1.77. The second-order valence-electron chi connectivity index (χ2n) is 4.38. The molecule has 0 amide bonds. The lowest BCUT2D eigenvalue weighted by atomic mass is 10.3. The maximum Gasteiger partial charge on any atom is 0.190 e. The minimum atomic E-state index is 0. The van der Waals surface area contributed by atoms with Crippen molar-refractivity contribution in [3.63, 3.8) is 0 Å². The molecule has 0 saturated carbocycles. The van der Waals surface area contributed by atoms with Crippen LogP contribution < -0.4 is 10.6 Å². The molecule has 2 aromatic heterocycles. The number of halogens is 1. The van der Waals surface area contributed by atoms with E-state index in [9.17, 15) is 0 Å². The summed E-state index contributed by atoms with van der Waals surface area (Å²) >= 11 is 0. The van der Waals surface area contributed by atoms with Gasteiger partial charge in [0.25, 0.3) is 0 Å². The average Bonchev–Trinajstić information content (AvgIpc) is 3.14. The Balaban J connectivity index is 0.00000220. The van der Waals surface area contributed by atoms with Crippen LogP contribution in [0.5, 0.6) is 0 Å². The fourth-order valence-corrected chi connectivity index (χ4v) is 1.86. The first kappa shape index (κ1) is 17.5. The standard InChI is InChI=1S/C14H21N5O.HI/c1-15-14(17-9-6-13-5-2-12-20-13)16-7-3-10-19-11-4-8-18-19;/h2,4-5,8,11-12H,3,6-7,9-10H2,1H3,(H2,15,16,17);1H. The van der Waals surface area contributed by atoms with E-state index in [1.807, 2.05) is 29.1 Å². The molecule has 0 spiro atoms. The molecule has 2 heterocycles. The summed E-state index contributed by atoms with van der Waals surface area (Å²) in [4.78, 5) is 4.18. The van der Waals surface area contributed by atoms with Crippen molar-refractivity contribution in [2.45, 2.75) is 19.4 Å². The van der Waals surface area contributed by atoms with Gasteiger partial charge in [0, 0.05) is 45.5 Å². The van der Waals surface area contributed by atoms with Gasteiger partial charge in [0.2, 0.25) is 0 Å². The third kappa shape index (κ3) is 6.65. The van der Waals surface area contributed by atoms with Crippen molar-refractivity contribution < 1.29 is 4.42 Å². The van der Waals surface area contributed by atoms with Crippen LogP contribution in [0, 0.1) is 0 Å². The molecule has 0 aliphatic heterocycles. The zero-order chi connectivity index (χ0) is 14.0. The van der Waals surface area contributed by atoms with Crippen LogP contribution >= 0.6 is 24.0 Å². The van der Waals surface area contributed by atoms with Gasteiger partial charge in [-0.25, -0.2) is 0 Å². The van der Waals surface area contributed by atoms with Gasteiger partial charge in [-0.05, 0) is 24.6 Å². The molecule has 0 unspecified atom stereocenters. The Morgan fingerprint density at radius 1 is 1.33 bits per heavy atom. The molecule has 0 atom stereocenters. The van der Waals surface area contributed by atoms with E-state index < -0.39 is 0 Å². The summed E-state index contributed by atoms with van der Waals surface area (Å²) in [6.07, 6.45) is 7.30. The predicted molar refractivity (Wildman–Crippen MR) is 94.0 cm³/mol. The highest BCUT2D eigenvalue weighted by Gasteiger charge is 1.99. The zero-order valence-corrected chi connectivity index (χ0v) is 14.5. The SMILES string of the molecule is CN=C(NCCCn1cccn1)NCCc1ccco1.I. The Hall–Kier alpha value is -1.51. The molecule has 2 rings (SSSR count). The quantitative estimate of drug-likeness (QED) is 0.321. The summed E-state index contributed by atoms with van der Waals surface area (Å²) in [5.74, 6) is 1.80. The van der Waals surface area contributed by atoms with Crippen molar-refractivity contribution in [3.8, 4) is 0 Å². The molecule has 0 bridgehead atoms. The first-order chi connectivity index (χ1) is 9.88. The first-order valence-electron chi connectivity index (χ1n) is 6.83. The Morgan fingerprint density at radius 2 is 2.19 bits per heavy atom. The van der Waals surface area contributed by atoms with Gasteiger partial charge in [-0.1, -0.05) is 0 Å². The Labute approximate surface area is 142 Å². The van der Waals surface area contributed by atoms with Gasteiger partial charge in [0.05, 0.1) is 6.26 Å². The summed E-state index contributed by atoms with van der Waals surface area (Å²) in [6.45, 7) is 2.57. The molecule has 0 radical (unpaired) electrons. The molecule has 6 nitrogen and oxygen atoms in total. The van der Waals surface area contributed by atoms with Crippen LogP contribution in [0.1, 0.15) is 12.2 Å². The van der Waals surface area contributed by atoms with E-state index in [0.29, 0.717) is 0 Å². The molecule has 21 heavy (non-hydrogen) atoms. The molecule has 0 aromatic carbocycles. The van der Waals surface area contributed by atoms with E-state index >= 15 is 0 Å². The smallest absolute Gasteiger partial charge is 0.190 e. The normalized spacial score (nSPS) is 11.0. The number of nitrogens with one attached hydrogen (secondary N) is 2. The number of rotatable bonds is 7. The fourth-order valence-electron chi connectivity index (χ4n) is 1.86. The number of furan rings is 1. The van der Waals surface area contributed by atoms with Gasteiger partial charge in [-0.2, -0.15) is 5.10 Å². The lowest BCUT2D eigenvalue weighted by molar-refractivity contribution is 0.506. The van der Waals surface area contributed by atoms with Gasteiger partial charge < -0.3 is 15.1 Å². The lowest BCUT2D eigenvalue weighted by Gasteiger charge is -2.11. The van der Waals surface area contributed by atoms with Crippen molar-refractivity contribution in [1.29, 1.82) is 0 Å². The number of hydrogen-bond donors (Lipinski definition) is 2. The van der Waals surface area contributed by atoms with Gasteiger partial charge in [0.15, 0.2) is 5.96 Å². The molecule has 2 N–H and O–H groups in total. The summed E-state index contributed by atoms with van der Waals surface area (Å²) < 4.78 is 7.20. The average molecular weight is 403 g/mol. The highest BCUT2D eigenvalue weighted by Crippen LogP contribution is 1.99. The van der Waals surface area contributed by atoms with E-state index in [4.69, 9.17) is 4.42 Å². The number of aromatic nitrogens is 2. The van der Waals surface area contributed by atoms with Gasteiger partial charge in [0.1, 0.15) is 5.76 Å². The second-order valence-corrected chi connectivity index (χ2v) is 4.38. The zero-order valence-electron chi connectivity index (χ0n) is 12.2. The number of guanidine groups is 1. The van der Waals surface area contributed by atoms with Crippen LogP contribution in [-0.4, -0.2) is 35.9 Å². The van der Waals surface area contributed by atoms with Gasteiger partial charge >= 0.3 is 0 Å². The molecule has 116 valence electrons. The van der Waals surface area contributed by atoms with Crippen LogP contribution in [0.3, 0.4) is 0 Å². The van der Waals surface area contributed by atoms with Crippen molar-refractivity contribution in [1.82, 2.24) is 20.4 Å². The monoisotopic (exact) mass is 403 g/mol. The van der Waals surface area contributed by atoms with Crippen LogP contribution in [0.2, 0.25) is 0 Å². The third-order valence-corrected chi connectivity index (χ3v) is 2.88. The van der Waals surface area contributed by atoms with E-state index in [-0.39, 0.29) is 24.0 Å². The van der Waals surface area contributed by atoms with E-state index in [2.05, 4.69) is 20.7 Å². The topological polar surface area (TPSA) is 67.4 Å². The largest absolute Gasteiger partial charge is 0.469 e. The molecular weight excluding hydrogens is 381 g/mol. The van der Waals surface area contributed by atoms with Crippen LogP contribution in [-0.2, 0) is 13.0 Å². The Morgan fingerprint density at radius 3 is 2.86 bits per heavy atom. The minimum Gasteiger partial charge on any atom is -0.469 e. The summed E-state index contributed by atoms with van der Waals surface area (Å²) in [6, 6.07) is 5.81. The van der Waals surface area contributed by atoms with Crippen molar-refractivity contribution in [2.24, 2.45) is 4.99 Å². The number of nitrogens with zero attached hydrogens (tertiary/aromatic N) is 3. The molecule has 0 fully saturated rings. The summed E-state index contributed by atoms with van der Waals surface area (Å²) in [5, 5.41) is 10.7. The third-order valence-electron chi connectivity index (χ3n) is 2.88. The maximum atomic E-state index is 5.28. The van der Waals surface area contributed by atoms with Crippen LogP contribution in [0.15, 0.2) is 46.3 Å². The fraction of sp³-hybridized carbons (Fsp3) is 0.429. The molecular formula is C14H22IN5O. The predicted octanol–water partition coefficient (Wildman–Crippen LogP) is 1.89. The molecule has 0 saturated heterocycles. The highest BCUT2D eigenvalue weighted by atomic mass is 127. The molecule has 7 heteroatoms. The van der Waals surface area contributed by atoms with Crippen molar-refractivity contribution >= 4 is 29.9 Å². The molecule has 2 aromatic rings. The van der Waals surface area contributed by atoms with E-state index in [1.54, 1.807) is 19.5 Å². The Bertz CT molecular complexity index is 495. The van der Waals surface area contributed by atoms with Crippen molar-refractivity contribution in [3.05, 3.63) is 42.6 Å². The number of aliphatic imine (C=N–C) groups is 1. The number of aryl methyl sites for hydroxylation is 1. The van der Waals surface area contributed by atoms with Crippen LogP contribution in [0.4, 0.5) is 0 Å². The first-order valence-corrected chi connectivity index (χ1v) is 6.83. The van der Waals surface area contributed by atoms with Crippen molar-refractivity contribution in [2.75, 3.05) is 20.1 Å². The second kappa shape index (κ2) is 10.3. The minimum absolute atomic E-state index is 0. The lowest BCUT2D eigenvalue weighted by Crippen LogP contribution is -2.38. The molecule has 0 aliphatic carbocycles. The van der Waals surface area contributed by atoms with E-state index in [1.165, 1.54) is 0 Å². The van der Waals surface area contributed by atoms with Gasteiger partial charge in [-0.15, -0.1) is 24.0 Å². The molecule has 0 aliphatic rings. The number of hydrogen-bond acceptors (Lipinski definition) is 3.